The summed E-state index contributed by atoms with van der Waals surface area (Å²) < 4.78 is 10.9. The quantitative estimate of drug-likeness (QED) is 0.790. The van der Waals surface area contributed by atoms with Gasteiger partial charge in [-0.3, -0.25) is 0 Å². The number of nitrogens with zero attached hydrogens (tertiary/aromatic N) is 1. The van der Waals surface area contributed by atoms with Crippen molar-refractivity contribution >= 4 is 11.1 Å². The molecule has 0 bridgehead atoms. The van der Waals surface area contributed by atoms with Crippen molar-refractivity contribution in [2.45, 2.75) is 13.0 Å². The van der Waals surface area contributed by atoms with E-state index in [1.165, 1.54) is 0 Å². The molecule has 0 saturated carbocycles. The monoisotopic (exact) mass is 269 g/mol. The van der Waals surface area contributed by atoms with Crippen LogP contribution in [0.1, 0.15) is 18.6 Å². The molecule has 3 aromatic rings. The Kier molecular flexibility index (Phi) is 3.16. The maximum atomic E-state index is 9.50. The largest absolute Gasteiger partial charge is 0.497 e. The van der Waals surface area contributed by atoms with Gasteiger partial charge in [-0.1, -0.05) is 12.1 Å². The van der Waals surface area contributed by atoms with Crippen molar-refractivity contribution in [3.63, 3.8) is 0 Å². The molecule has 2 aromatic carbocycles. The summed E-state index contributed by atoms with van der Waals surface area (Å²) in [6.45, 7) is 1.74. The molecule has 0 radical (unpaired) electrons. The van der Waals surface area contributed by atoms with Crippen molar-refractivity contribution in [1.29, 1.82) is 0 Å². The zero-order chi connectivity index (χ0) is 14.1. The SMILES string of the molecule is COc1ccc2nc(-c3ccc([C@H](C)O)cc3)oc2c1. The zero-order valence-corrected chi connectivity index (χ0v) is 11.3. The summed E-state index contributed by atoms with van der Waals surface area (Å²) >= 11 is 0. The van der Waals surface area contributed by atoms with Gasteiger partial charge in [-0.25, -0.2) is 4.98 Å². The molecule has 0 aliphatic heterocycles. The van der Waals surface area contributed by atoms with Crippen LogP contribution in [0.3, 0.4) is 0 Å². The Morgan fingerprint density at radius 2 is 1.90 bits per heavy atom. The summed E-state index contributed by atoms with van der Waals surface area (Å²) in [5.41, 5.74) is 3.23. The van der Waals surface area contributed by atoms with Gasteiger partial charge in [0, 0.05) is 11.6 Å². The molecule has 1 N–H and O–H groups in total. The van der Waals surface area contributed by atoms with E-state index in [-0.39, 0.29) is 0 Å². The van der Waals surface area contributed by atoms with E-state index in [2.05, 4.69) is 4.98 Å². The van der Waals surface area contributed by atoms with Crippen molar-refractivity contribution in [1.82, 2.24) is 4.98 Å². The van der Waals surface area contributed by atoms with Crippen LogP contribution >= 0.6 is 0 Å². The summed E-state index contributed by atoms with van der Waals surface area (Å²) in [6.07, 6.45) is -0.475. The van der Waals surface area contributed by atoms with Crippen LogP contribution in [0.15, 0.2) is 46.9 Å². The fraction of sp³-hybridized carbons (Fsp3) is 0.188. The van der Waals surface area contributed by atoms with E-state index in [0.29, 0.717) is 11.5 Å². The second-order valence-corrected chi connectivity index (χ2v) is 4.65. The number of aliphatic hydroxyl groups excluding tert-OH is 1. The number of benzene rings is 2. The normalized spacial score (nSPS) is 12.6. The van der Waals surface area contributed by atoms with Gasteiger partial charge in [-0.15, -0.1) is 0 Å². The van der Waals surface area contributed by atoms with E-state index in [1.54, 1.807) is 14.0 Å². The number of rotatable bonds is 3. The first-order valence-electron chi connectivity index (χ1n) is 6.40. The summed E-state index contributed by atoms with van der Waals surface area (Å²) in [6, 6.07) is 13.1. The number of oxazole rings is 1. The van der Waals surface area contributed by atoms with Gasteiger partial charge >= 0.3 is 0 Å². The molecule has 102 valence electrons. The van der Waals surface area contributed by atoms with Crippen LogP contribution in [0.5, 0.6) is 5.75 Å². The van der Waals surface area contributed by atoms with Crippen LogP contribution in [0.25, 0.3) is 22.6 Å². The van der Waals surface area contributed by atoms with Gasteiger partial charge in [-0.2, -0.15) is 0 Å². The molecule has 0 aliphatic rings. The number of hydrogen-bond acceptors (Lipinski definition) is 4. The number of hydrogen-bond donors (Lipinski definition) is 1. The summed E-state index contributed by atoms with van der Waals surface area (Å²) in [5.74, 6) is 1.30. The molecule has 0 fully saturated rings. The Hall–Kier alpha value is -2.33. The molecule has 0 saturated heterocycles. The van der Waals surface area contributed by atoms with E-state index < -0.39 is 6.10 Å². The second-order valence-electron chi connectivity index (χ2n) is 4.65. The van der Waals surface area contributed by atoms with Crippen LogP contribution in [0.2, 0.25) is 0 Å². The molecular weight excluding hydrogens is 254 g/mol. The van der Waals surface area contributed by atoms with Crippen molar-refractivity contribution in [2.75, 3.05) is 7.11 Å². The van der Waals surface area contributed by atoms with Gasteiger partial charge in [0.05, 0.1) is 13.2 Å². The first-order chi connectivity index (χ1) is 9.67. The Labute approximate surface area is 116 Å². The third-order valence-corrected chi connectivity index (χ3v) is 3.24. The van der Waals surface area contributed by atoms with E-state index in [1.807, 2.05) is 42.5 Å². The van der Waals surface area contributed by atoms with Gasteiger partial charge in [0.2, 0.25) is 5.89 Å². The number of aromatic nitrogens is 1. The third-order valence-electron chi connectivity index (χ3n) is 3.24. The van der Waals surface area contributed by atoms with Gasteiger partial charge in [-0.05, 0) is 36.8 Å². The smallest absolute Gasteiger partial charge is 0.227 e. The number of aliphatic hydroxyl groups is 1. The van der Waals surface area contributed by atoms with Crippen LogP contribution in [0.4, 0.5) is 0 Å². The first-order valence-corrected chi connectivity index (χ1v) is 6.40. The predicted octanol–water partition coefficient (Wildman–Crippen LogP) is 3.56. The van der Waals surface area contributed by atoms with E-state index >= 15 is 0 Å². The maximum absolute atomic E-state index is 9.50. The lowest BCUT2D eigenvalue weighted by molar-refractivity contribution is 0.199. The van der Waals surface area contributed by atoms with Crippen LogP contribution < -0.4 is 4.74 Å². The van der Waals surface area contributed by atoms with E-state index in [9.17, 15) is 5.11 Å². The summed E-state index contributed by atoms with van der Waals surface area (Å²) in [7, 11) is 1.62. The lowest BCUT2D eigenvalue weighted by Gasteiger charge is -2.04. The molecule has 0 aliphatic carbocycles. The lowest BCUT2D eigenvalue weighted by Crippen LogP contribution is -1.89. The lowest BCUT2D eigenvalue weighted by atomic mass is 10.1. The molecule has 0 amide bonds. The van der Waals surface area contributed by atoms with Crippen LogP contribution in [-0.2, 0) is 0 Å². The highest BCUT2D eigenvalue weighted by molar-refractivity contribution is 5.77. The average molecular weight is 269 g/mol. The minimum atomic E-state index is -0.475. The predicted molar refractivity (Wildman–Crippen MR) is 76.6 cm³/mol. The highest BCUT2D eigenvalue weighted by atomic mass is 16.5. The van der Waals surface area contributed by atoms with Crippen molar-refractivity contribution in [3.8, 4) is 17.2 Å². The standard InChI is InChI=1S/C16H15NO3/c1-10(18)11-3-5-12(6-4-11)16-17-14-8-7-13(19-2)9-15(14)20-16/h3-10,18H,1-2H3/t10-/m0/s1. The molecule has 1 atom stereocenters. The molecular formula is C16H15NO3. The molecule has 0 spiro atoms. The van der Waals surface area contributed by atoms with E-state index in [0.717, 1.165) is 22.4 Å². The summed E-state index contributed by atoms with van der Waals surface area (Å²) in [5, 5.41) is 9.50. The Morgan fingerprint density at radius 1 is 1.15 bits per heavy atom. The first kappa shape index (κ1) is 12.7. The molecule has 1 aromatic heterocycles. The topological polar surface area (TPSA) is 55.5 Å². The van der Waals surface area contributed by atoms with Crippen molar-refractivity contribution < 1.29 is 14.3 Å². The molecule has 20 heavy (non-hydrogen) atoms. The van der Waals surface area contributed by atoms with Gasteiger partial charge < -0.3 is 14.3 Å². The van der Waals surface area contributed by atoms with Gasteiger partial charge in [0.15, 0.2) is 5.58 Å². The molecule has 4 nitrogen and oxygen atoms in total. The van der Waals surface area contributed by atoms with Gasteiger partial charge in [0.1, 0.15) is 11.3 Å². The number of fused-ring (bicyclic) bond motifs is 1. The molecule has 1 heterocycles. The fourth-order valence-corrected chi connectivity index (χ4v) is 2.06. The Bertz CT molecular complexity index is 729. The van der Waals surface area contributed by atoms with Crippen molar-refractivity contribution in [2.24, 2.45) is 0 Å². The number of ether oxygens (including phenoxy) is 1. The van der Waals surface area contributed by atoms with E-state index in [4.69, 9.17) is 9.15 Å². The molecule has 3 rings (SSSR count). The molecule has 0 unspecified atom stereocenters. The highest BCUT2D eigenvalue weighted by Gasteiger charge is 2.09. The third kappa shape index (κ3) is 2.26. The number of methoxy groups -OCH3 is 1. The second kappa shape index (κ2) is 4.98. The zero-order valence-electron chi connectivity index (χ0n) is 11.3. The minimum Gasteiger partial charge on any atom is -0.497 e. The summed E-state index contributed by atoms with van der Waals surface area (Å²) in [4.78, 5) is 4.45. The molecule has 4 heteroatoms. The van der Waals surface area contributed by atoms with Crippen LogP contribution in [-0.4, -0.2) is 17.2 Å². The van der Waals surface area contributed by atoms with Crippen LogP contribution in [0, 0.1) is 0 Å². The van der Waals surface area contributed by atoms with Gasteiger partial charge in [0.25, 0.3) is 0 Å². The average Bonchev–Trinajstić information content (AvgIpc) is 2.90. The Morgan fingerprint density at radius 3 is 2.55 bits per heavy atom. The fourth-order valence-electron chi connectivity index (χ4n) is 2.06. The highest BCUT2D eigenvalue weighted by Crippen LogP contribution is 2.27. The van der Waals surface area contributed by atoms with Crippen molar-refractivity contribution in [3.05, 3.63) is 48.0 Å². The maximum Gasteiger partial charge on any atom is 0.227 e. The minimum absolute atomic E-state index is 0.475. The Balaban J connectivity index is 2.01.